The molecule has 2 aliphatic rings. The third kappa shape index (κ3) is 1.84. The Morgan fingerprint density at radius 2 is 2.00 bits per heavy atom. The molecule has 0 aliphatic heterocycles. The molecule has 0 aromatic heterocycles. The topological polar surface area (TPSA) is 12.0 Å². The first-order valence-electron chi connectivity index (χ1n) is 6.73. The van der Waals surface area contributed by atoms with Crippen molar-refractivity contribution in [2.24, 2.45) is 16.7 Å². The first kappa shape index (κ1) is 12.2. The summed E-state index contributed by atoms with van der Waals surface area (Å²) in [7, 11) is 0. The van der Waals surface area contributed by atoms with Crippen LogP contribution in [-0.4, -0.2) is 12.6 Å². The van der Waals surface area contributed by atoms with Crippen LogP contribution in [0.1, 0.15) is 53.9 Å². The van der Waals surface area contributed by atoms with Crippen molar-refractivity contribution >= 4 is 0 Å². The molecule has 1 heteroatoms. The van der Waals surface area contributed by atoms with Crippen LogP contribution in [0.2, 0.25) is 0 Å². The zero-order valence-electron chi connectivity index (χ0n) is 11.6. The zero-order chi connectivity index (χ0) is 12.0. The number of hydrogen-bond donors (Lipinski definition) is 1. The van der Waals surface area contributed by atoms with Crippen molar-refractivity contribution in [1.82, 2.24) is 5.32 Å². The lowest BCUT2D eigenvalue weighted by molar-refractivity contribution is 0.112. The fourth-order valence-corrected chi connectivity index (χ4v) is 4.19. The van der Waals surface area contributed by atoms with Gasteiger partial charge >= 0.3 is 0 Å². The van der Waals surface area contributed by atoms with Gasteiger partial charge in [-0.15, -0.1) is 0 Å². The molecule has 0 aromatic rings. The molecule has 1 N–H and O–H groups in total. The van der Waals surface area contributed by atoms with Gasteiger partial charge in [0, 0.05) is 12.6 Å². The summed E-state index contributed by atoms with van der Waals surface area (Å²) in [6, 6.07) is 0.703. The lowest BCUT2D eigenvalue weighted by Gasteiger charge is -2.43. The van der Waals surface area contributed by atoms with E-state index in [4.69, 9.17) is 0 Å². The van der Waals surface area contributed by atoms with Gasteiger partial charge in [0.05, 0.1) is 0 Å². The van der Waals surface area contributed by atoms with Crippen molar-refractivity contribution < 1.29 is 0 Å². The van der Waals surface area contributed by atoms with E-state index in [1.807, 2.05) is 0 Å². The van der Waals surface area contributed by atoms with Gasteiger partial charge in [0.15, 0.2) is 0 Å². The van der Waals surface area contributed by atoms with Crippen LogP contribution < -0.4 is 5.32 Å². The summed E-state index contributed by atoms with van der Waals surface area (Å²) in [5.74, 6) is 0.946. The fraction of sp³-hybridized carbons (Fsp3) is 0.867. The highest BCUT2D eigenvalue weighted by Gasteiger charge is 2.58. The van der Waals surface area contributed by atoms with Crippen LogP contribution in [0.5, 0.6) is 0 Å². The van der Waals surface area contributed by atoms with E-state index >= 15 is 0 Å². The van der Waals surface area contributed by atoms with E-state index in [1.54, 1.807) is 0 Å². The third-order valence-electron chi connectivity index (χ3n) is 5.10. The Morgan fingerprint density at radius 3 is 2.50 bits per heavy atom. The molecule has 0 spiro atoms. The minimum atomic E-state index is 0.489. The number of rotatable bonds is 3. The summed E-state index contributed by atoms with van der Waals surface area (Å²) in [5.41, 5.74) is 2.46. The summed E-state index contributed by atoms with van der Waals surface area (Å²) in [5, 5.41) is 3.80. The van der Waals surface area contributed by atoms with Crippen LogP contribution in [-0.2, 0) is 0 Å². The van der Waals surface area contributed by atoms with Gasteiger partial charge in [0.1, 0.15) is 0 Å². The van der Waals surface area contributed by atoms with Gasteiger partial charge < -0.3 is 5.32 Å². The molecule has 1 nitrogen and oxygen atoms in total. The highest BCUT2D eigenvalue weighted by Crippen LogP contribution is 2.62. The van der Waals surface area contributed by atoms with Gasteiger partial charge in [-0.25, -0.2) is 0 Å². The van der Waals surface area contributed by atoms with Crippen LogP contribution in [0.3, 0.4) is 0 Å². The van der Waals surface area contributed by atoms with Crippen molar-refractivity contribution in [2.45, 2.75) is 59.9 Å². The van der Waals surface area contributed by atoms with Gasteiger partial charge in [0.25, 0.3) is 0 Å². The SMILES string of the molecule is CC(C)=CCNC1C(C)(C)[C@H]2CC[C@]1(C)C2. The first-order chi connectivity index (χ1) is 7.36. The number of fused-ring (bicyclic) bond motifs is 2. The maximum absolute atomic E-state index is 3.80. The fourth-order valence-electron chi connectivity index (χ4n) is 4.19. The Balaban J connectivity index is 2.05. The molecule has 0 radical (unpaired) electrons. The quantitative estimate of drug-likeness (QED) is 0.716. The molecule has 2 aliphatic carbocycles. The molecule has 2 saturated carbocycles. The maximum Gasteiger partial charge on any atom is 0.0178 e. The number of nitrogens with one attached hydrogen (secondary N) is 1. The van der Waals surface area contributed by atoms with Crippen LogP contribution in [0.25, 0.3) is 0 Å². The smallest absolute Gasteiger partial charge is 0.0178 e. The minimum Gasteiger partial charge on any atom is -0.309 e. The summed E-state index contributed by atoms with van der Waals surface area (Å²) in [4.78, 5) is 0. The third-order valence-corrected chi connectivity index (χ3v) is 5.10. The van der Waals surface area contributed by atoms with Crippen molar-refractivity contribution in [3.63, 3.8) is 0 Å². The largest absolute Gasteiger partial charge is 0.309 e. The van der Waals surface area contributed by atoms with Crippen LogP contribution in [0, 0.1) is 16.7 Å². The molecule has 1 unspecified atom stereocenters. The normalized spacial score (nSPS) is 40.1. The number of allylic oxidation sites excluding steroid dienone is 1. The van der Waals surface area contributed by atoms with Gasteiger partial charge in [-0.1, -0.05) is 32.4 Å². The van der Waals surface area contributed by atoms with Crippen molar-refractivity contribution in [3.8, 4) is 0 Å². The lowest BCUT2D eigenvalue weighted by atomic mass is 9.68. The summed E-state index contributed by atoms with van der Waals surface area (Å²) in [6.45, 7) is 12.8. The van der Waals surface area contributed by atoms with Gasteiger partial charge in [-0.3, -0.25) is 0 Å². The molecule has 92 valence electrons. The van der Waals surface area contributed by atoms with Gasteiger partial charge in [-0.2, -0.15) is 0 Å². The van der Waals surface area contributed by atoms with Crippen LogP contribution >= 0.6 is 0 Å². The van der Waals surface area contributed by atoms with Crippen LogP contribution in [0.15, 0.2) is 11.6 Å². The highest BCUT2D eigenvalue weighted by atomic mass is 15.0. The summed E-state index contributed by atoms with van der Waals surface area (Å²) >= 11 is 0. The molecular weight excluding hydrogens is 194 g/mol. The average Bonchev–Trinajstić information content (AvgIpc) is 2.62. The van der Waals surface area contributed by atoms with Gasteiger partial charge in [-0.05, 0) is 49.9 Å². The average molecular weight is 221 g/mol. The van der Waals surface area contributed by atoms with Crippen LogP contribution in [0.4, 0.5) is 0 Å². The second-order valence-corrected chi connectivity index (χ2v) is 7.04. The minimum absolute atomic E-state index is 0.489. The molecule has 3 atom stereocenters. The molecule has 0 heterocycles. The number of hydrogen-bond acceptors (Lipinski definition) is 1. The van der Waals surface area contributed by atoms with E-state index in [0.29, 0.717) is 16.9 Å². The Kier molecular flexibility index (Phi) is 2.94. The predicted octanol–water partition coefficient (Wildman–Crippen LogP) is 3.76. The van der Waals surface area contributed by atoms with E-state index in [0.717, 1.165) is 12.5 Å². The molecule has 0 aromatic carbocycles. The predicted molar refractivity (Wildman–Crippen MR) is 70.5 cm³/mol. The lowest BCUT2D eigenvalue weighted by Crippen LogP contribution is -2.50. The molecule has 2 rings (SSSR count). The second kappa shape index (κ2) is 3.87. The standard InChI is InChI=1S/C15H27N/c1-11(2)7-9-16-13-14(3,4)12-6-8-15(13,5)10-12/h7,12-13,16H,6,8-10H2,1-5H3/t12-,13?,15+/m0/s1. The maximum atomic E-state index is 3.80. The highest BCUT2D eigenvalue weighted by molar-refractivity contribution is 5.12. The molecule has 0 saturated heterocycles. The Bertz CT molecular complexity index is 294. The first-order valence-corrected chi connectivity index (χ1v) is 6.73. The van der Waals surface area contributed by atoms with E-state index in [-0.39, 0.29) is 0 Å². The molecule has 2 bridgehead atoms. The summed E-state index contributed by atoms with van der Waals surface area (Å²) < 4.78 is 0. The van der Waals surface area contributed by atoms with E-state index in [2.05, 4.69) is 46.0 Å². The Morgan fingerprint density at radius 1 is 1.31 bits per heavy atom. The molecule has 16 heavy (non-hydrogen) atoms. The Labute approximate surface area is 101 Å². The Hall–Kier alpha value is -0.300. The second-order valence-electron chi connectivity index (χ2n) is 7.04. The van der Waals surface area contributed by atoms with E-state index in [9.17, 15) is 0 Å². The van der Waals surface area contributed by atoms with Crippen molar-refractivity contribution in [2.75, 3.05) is 6.54 Å². The van der Waals surface area contributed by atoms with Gasteiger partial charge in [0.2, 0.25) is 0 Å². The summed E-state index contributed by atoms with van der Waals surface area (Å²) in [6.07, 6.45) is 6.62. The molecule has 2 fully saturated rings. The van der Waals surface area contributed by atoms with Crippen molar-refractivity contribution in [1.29, 1.82) is 0 Å². The van der Waals surface area contributed by atoms with E-state index in [1.165, 1.54) is 24.8 Å². The van der Waals surface area contributed by atoms with Crippen molar-refractivity contribution in [3.05, 3.63) is 11.6 Å². The zero-order valence-corrected chi connectivity index (χ0v) is 11.6. The van der Waals surface area contributed by atoms with E-state index < -0.39 is 0 Å². The monoisotopic (exact) mass is 221 g/mol. The molecule has 0 amide bonds. The molecular formula is C15H27N.